The highest BCUT2D eigenvalue weighted by Gasteiger charge is 2.25. The van der Waals surface area contributed by atoms with Gasteiger partial charge in [-0.2, -0.15) is 0 Å². The maximum absolute atomic E-state index is 13.9. The van der Waals surface area contributed by atoms with E-state index in [1.54, 1.807) is 12.1 Å². The maximum atomic E-state index is 13.9. The molecule has 1 unspecified atom stereocenters. The highest BCUT2D eigenvalue weighted by molar-refractivity contribution is 6.30. The van der Waals surface area contributed by atoms with Crippen LogP contribution in [0.5, 0.6) is 0 Å². The minimum atomic E-state index is -0.494. The number of hydrogen-bond donors (Lipinski definition) is 0. The van der Waals surface area contributed by atoms with Crippen molar-refractivity contribution in [3.63, 3.8) is 0 Å². The minimum Gasteiger partial charge on any atom is -0.451 e. The summed E-state index contributed by atoms with van der Waals surface area (Å²) in [6, 6.07) is 8.16. The average Bonchev–Trinajstić information content (AvgIpc) is 3.37. The van der Waals surface area contributed by atoms with Crippen LogP contribution in [0.2, 0.25) is 5.02 Å². The summed E-state index contributed by atoms with van der Waals surface area (Å²) in [5.41, 5.74) is 3.79. The molecule has 0 N–H and O–H groups in total. The van der Waals surface area contributed by atoms with Crippen molar-refractivity contribution < 1.29 is 18.4 Å². The van der Waals surface area contributed by atoms with Gasteiger partial charge in [0.05, 0.1) is 10.7 Å². The number of pyridine rings is 1. The molecule has 0 aliphatic rings. The first kappa shape index (κ1) is 42.3. The van der Waals surface area contributed by atoms with Crippen LogP contribution in [0.25, 0.3) is 22.4 Å². The maximum Gasteiger partial charge on any atom is 0.225 e. The Labute approximate surface area is 290 Å². The van der Waals surface area contributed by atoms with Crippen molar-refractivity contribution >= 4 is 34.4 Å². The van der Waals surface area contributed by atoms with Crippen LogP contribution >= 0.6 is 11.6 Å². The number of hydrogen-bond acceptors (Lipinski definition) is 4. The number of aromatic nitrogens is 1. The van der Waals surface area contributed by atoms with E-state index in [9.17, 15) is 14.0 Å². The molecule has 0 bridgehead atoms. The van der Waals surface area contributed by atoms with Gasteiger partial charge in [0.2, 0.25) is 11.7 Å². The first-order chi connectivity index (χ1) is 21.4. The number of rotatable bonds is 9. The van der Waals surface area contributed by atoms with Gasteiger partial charge in [-0.3, -0.25) is 9.59 Å². The third kappa shape index (κ3) is 14.5. The highest BCUT2D eigenvalue weighted by Crippen LogP contribution is 2.35. The molecule has 0 fully saturated rings. The van der Waals surface area contributed by atoms with Crippen LogP contribution in [0, 0.1) is 28.5 Å². The fourth-order valence-corrected chi connectivity index (χ4v) is 4.58. The van der Waals surface area contributed by atoms with Crippen molar-refractivity contribution in [2.45, 2.75) is 129 Å². The number of unbranched alkanes of at least 4 members (excludes halogenated alkanes) is 1. The molecule has 1 aromatic carbocycles. The molecule has 1 amide bonds. The zero-order valence-corrected chi connectivity index (χ0v) is 32.7. The highest BCUT2D eigenvalue weighted by atomic mass is 35.5. The van der Waals surface area contributed by atoms with Gasteiger partial charge in [-0.1, -0.05) is 128 Å². The summed E-state index contributed by atoms with van der Waals surface area (Å²) in [4.78, 5) is 31.2. The topological polar surface area (TPSA) is 63.4 Å². The summed E-state index contributed by atoms with van der Waals surface area (Å²) in [6.07, 6.45) is 3.19. The largest absolute Gasteiger partial charge is 0.451 e. The van der Waals surface area contributed by atoms with Crippen LogP contribution in [0.4, 0.5) is 4.39 Å². The van der Waals surface area contributed by atoms with Crippen molar-refractivity contribution in [2.24, 2.45) is 22.7 Å². The SMILES string of the molecule is CC(C)(C)C.CC(C)C(=O)c1cc2nc(-c3ccc(Cl)c(F)c3)cc(C(C)(C)C)c2o1.CCCCN(CC(C)(C)C)C(=O)C(C)CC. The zero-order valence-electron chi connectivity index (χ0n) is 32.0. The van der Waals surface area contributed by atoms with Gasteiger partial charge in [-0.15, -0.1) is 0 Å². The molecule has 2 heterocycles. The van der Waals surface area contributed by atoms with Gasteiger partial charge in [-0.25, -0.2) is 9.37 Å². The van der Waals surface area contributed by atoms with Crippen molar-refractivity contribution in [3.8, 4) is 11.3 Å². The molecule has 1 atom stereocenters. The summed E-state index contributed by atoms with van der Waals surface area (Å²) < 4.78 is 19.8. The molecule has 0 aliphatic heterocycles. The van der Waals surface area contributed by atoms with E-state index >= 15 is 0 Å². The number of carbonyl (C=O) groups excluding carboxylic acids is 2. The lowest BCUT2D eigenvalue weighted by molar-refractivity contribution is -0.136. The fourth-order valence-electron chi connectivity index (χ4n) is 4.46. The summed E-state index contributed by atoms with van der Waals surface area (Å²) in [6.45, 7) is 33.2. The summed E-state index contributed by atoms with van der Waals surface area (Å²) in [7, 11) is 0. The molecule has 0 radical (unpaired) electrons. The van der Waals surface area contributed by atoms with E-state index in [-0.39, 0.29) is 33.5 Å². The molecule has 5 nitrogen and oxygen atoms in total. The Bertz CT molecular complexity index is 1450. The lowest BCUT2D eigenvalue weighted by Crippen LogP contribution is -2.41. The number of ketones is 1. The smallest absolute Gasteiger partial charge is 0.225 e. The van der Waals surface area contributed by atoms with Gasteiger partial charge < -0.3 is 9.32 Å². The molecule has 3 aromatic rings. The van der Waals surface area contributed by atoms with Crippen LogP contribution in [0.1, 0.15) is 139 Å². The number of nitrogens with zero attached hydrogens (tertiary/aromatic N) is 2. The lowest BCUT2D eigenvalue weighted by atomic mass is 9.86. The van der Waals surface area contributed by atoms with Gasteiger partial charge in [0.1, 0.15) is 11.3 Å². The van der Waals surface area contributed by atoms with E-state index in [1.165, 1.54) is 12.1 Å². The molecule has 3 rings (SSSR count). The quantitative estimate of drug-likeness (QED) is 0.212. The summed E-state index contributed by atoms with van der Waals surface area (Å²) in [5.74, 6) is 0.0594. The molecule has 7 heteroatoms. The number of carbonyl (C=O) groups is 2. The third-order valence-corrected chi connectivity index (χ3v) is 7.37. The predicted octanol–water partition coefficient (Wildman–Crippen LogP) is 12.2. The van der Waals surface area contributed by atoms with Crippen molar-refractivity contribution in [1.29, 1.82) is 0 Å². The number of fused-ring (bicyclic) bond motifs is 1. The second kappa shape index (κ2) is 17.6. The van der Waals surface area contributed by atoms with Gasteiger partial charge >= 0.3 is 0 Å². The standard InChI is InChI=1S/C21H21ClFNO2.C14H29NO.C5H12/c1-11(2)19(25)18-10-17-20(26-18)13(21(3,4)5)9-16(24-17)12-6-7-14(22)15(23)8-12;1-7-9-10-15(11-14(4,5)6)13(16)12(3)8-2;1-5(2,3)4/h6-11H,1-5H3;12H,7-11H2,1-6H3;1-4H3. The zero-order chi connectivity index (χ0) is 36.5. The van der Waals surface area contributed by atoms with E-state index in [1.807, 2.05) is 26.8 Å². The second-order valence-corrected chi connectivity index (χ2v) is 17.2. The normalized spacial score (nSPS) is 12.6. The first-order valence-electron chi connectivity index (χ1n) is 17.1. The molecule has 0 spiro atoms. The third-order valence-electron chi connectivity index (χ3n) is 7.06. The average molecular weight is 673 g/mol. The van der Waals surface area contributed by atoms with Gasteiger partial charge in [0, 0.05) is 42.1 Å². The Hall–Kier alpha value is -2.73. The van der Waals surface area contributed by atoms with Crippen molar-refractivity contribution in [1.82, 2.24) is 9.88 Å². The molecule has 0 aliphatic carbocycles. The Morgan fingerprint density at radius 1 is 0.936 bits per heavy atom. The molecule has 0 saturated carbocycles. The van der Waals surface area contributed by atoms with Gasteiger partial charge in [0.15, 0.2) is 11.3 Å². The first-order valence-corrected chi connectivity index (χ1v) is 17.5. The van der Waals surface area contributed by atoms with Crippen LogP contribution in [0.15, 0.2) is 34.7 Å². The molecule has 47 heavy (non-hydrogen) atoms. The number of furan rings is 1. The predicted molar refractivity (Wildman–Crippen MR) is 198 cm³/mol. The van der Waals surface area contributed by atoms with Crippen LogP contribution in [0.3, 0.4) is 0 Å². The van der Waals surface area contributed by atoms with Gasteiger partial charge in [-0.05, 0) is 47.3 Å². The van der Waals surface area contributed by atoms with Crippen LogP contribution in [-0.4, -0.2) is 34.7 Å². The number of amides is 1. The Morgan fingerprint density at radius 2 is 1.51 bits per heavy atom. The molecular weight excluding hydrogens is 611 g/mol. The van der Waals surface area contributed by atoms with Crippen LogP contribution < -0.4 is 0 Å². The van der Waals surface area contributed by atoms with E-state index in [4.69, 9.17) is 16.0 Å². The monoisotopic (exact) mass is 672 g/mol. The number of benzene rings is 1. The molecule has 2 aromatic heterocycles. The Kier molecular flexibility index (Phi) is 15.8. The van der Waals surface area contributed by atoms with E-state index < -0.39 is 5.82 Å². The van der Waals surface area contributed by atoms with Crippen molar-refractivity contribution in [2.75, 3.05) is 13.1 Å². The fraction of sp³-hybridized carbons (Fsp3) is 0.625. The molecule has 264 valence electrons. The Balaban J connectivity index is 0.000000449. The van der Waals surface area contributed by atoms with E-state index in [2.05, 4.69) is 93.0 Å². The Morgan fingerprint density at radius 3 is 1.96 bits per heavy atom. The second-order valence-electron chi connectivity index (χ2n) is 16.8. The lowest BCUT2D eigenvalue weighted by Gasteiger charge is -2.31. The molecule has 0 saturated heterocycles. The minimum absolute atomic E-state index is 0.0676. The number of Topliss-reactive ketones (excluding diaryl/α,β-unsaturated/α-hetero) is 1. The van der Waals surface area contributed by atoms with E-state index in [0.717, 1.165) is 37.9 Å². The summed E-state index contributed by atoms with van der Waals surface area (Å²) >= 11 is 5.79. The van der Waals surface area contributed by atoms with Gasteiger partial charge in [0.25, 0.3) is 0 Å². The van der Waals surface area contributed by atoms with Crippen molar-refractivity contribution in [3.05, 3.63) is 52.5 Å². The molecular formula is C40H62ClFN2O3. The van der Waals surface area contributed by atoms with E-state index in [0.29, 0.717) is 39.4 Å². The summed E-state index contributed by atoms with van der Waals surface area (Å²) in [5, 5.41) is 0.0685. The van der Waals surface area contributed by atoms with Crippen LogP contribution in [-0.2, 0) is 10.2 Å². The number of halogens is 2.